The Bertz CT molecular complexity index is 465. The number of rotatable bonds is 2. The molecule has 1 aromatic rings. The molecule has 1 unspecified atom stereocenters. The van der Waals surface area contributed by atoms with Crippen molar-refractivity contribution >= 4 is 12.1 Å². The minimum atomic E-state index is -1.17. The van der Waals surface area contributed by atoms with Gasteiger partial charge in [-0.1, -0.05) is 12.1 Å². The minimum Gasteiger partial charge on any atom is -0.428 e. The van der Waals surface area contributed by atoms with Crippen LogP contribution in [0.4, 0.5) is 9.18 Å². The predicted octanol–water partition coefficient (Wildman–Crippen LogP) is 2.30. The van der Waals surface area contributed by atoms with Crippen molar-refractivity contribution in [2.75, 3.05) is 0 Å². The van der Waals surface area contributed by atoms with E-state index in [1.54, 1.807) is 20.8 Å². The Morgan fingerprint density at radius 3 is 2.21 bits per heavy atom. The number of nitrogens with two attached hydrogens (primary N) is 1. The molecule has 0 bridgehead atoms. The van der Waals surface area contributed by atoms with Crippen LogP contribution in [0.3, 0.4) is 0 Å². The lowest BCUT2D eigenvalue weighted by Gasteiger charge is -2.19. The number of esters is 1. The fourth-order valence-electron chi connectivity index (χ4n) is 1.22. The van der Waals surface area contributed by atoms with E-state index >= 15 is 0 Å². The van der Waals surface area contributed by atoms with Crippen LogP contribution in [0.5, 0.6) is 0 Å². The van der Waals surface area contributed by atoms with Crippen LogP contribution in [-0.4, -0.2) is 17.7 Å². The van der Waals surface area contributed by atoms with Crippen molar-refractivity contribution in [3.63, 3.8) is 0 Å². The summed E-state index contributed by atoms with van der Waals surface area (Å²) in [6, 6.07) is 3.84. The summed E-state index contributed by atoms with van der Waals surface area (Å²) in [5.41, 5.74) is 5.17. The third-order valence-electron chi connectivity index (χ3n) is 2.06. The fraction of sp³-hybridized carbons (Fsp3) is 0.385. The molecule has 6 heteroatoms. The maximum atomic E-state index is 12.7. The van der Waals surface area contributed by atoms with E-state index in [0.717, 1.165) is 12.1 Å². The molecule has 0 heterocycles. The van der Waals surface area contributed by atoms with Gasteiger partial charge in [-0.15, -0.1) is 0 Å². The minimum absolute atomic E-state index is 0.343. The van der Waals surface area contributed by atoms with Gasteiger partial charge in [-0.2, -0.15) is 0 Å². The quantitative estimate of drug-likeness (QED) is 0.658. The van der Waals surface area contributed by atoms with Gasteiger partial charge in [0.2, 0.25) is 0 Å². The standard InChI is InChI=1S/C13H16FNO4/c1-13(2,3)19-12(17)18-11(16)10(15)8-4-6-9(14)7-5-8/h4-7,10H,15H2,1-3H3. The average Bonchev–Trinajstić information content (AvgIpc) is 2.26. The number of halogens is 1. The molecule has 19 heavy (non-hydrogen) atoms. The monoisotopic (exact) mass is 269 g/mol. The Morgan fingerprint density at radius 2 is 1.74 bits per heavy atom. The third kappa shape index (κ3) is 5.05. The second-order valence-corrected chi connectivity index (χ2v) is 4.91. The molecule has 1 rings (SSSR count). The summed E-state index contributed by atoms with van der Waals surface area (Å²) in [6.07, 6.45) is -1.12. The summed E-state index contributed by atoms with van der Waals surface area (Å²) in [4.78, 5) is 22.9. The van der Waals surface area contributed by atoms with Crippen LogP contribution in [-0.2, 0) is 14.3 Å². The zero-order valence-electron chi connectivity index (χ0n) is 11.0. The zero-order chi connectivity index (χ0) is 14.6. The van der Waals surface area contributed by atoms with Crippen molar-refractivity contribution < 1.29 is 23.5 Å². The lowest BCUT2D eigenvalue weighted by Crippen LogP contribution is -2.30. The van der Waals surface area contributed by atoms with Gasteiger partial charge >= 0.3 is 12.1 Å². The van der Waals surface area contributed by atoms with Gasteiger partial charge in [0.25, 0.3) is 0 Å². The van der Waals surface area contributed by atoms with E-state index in [2.05, 4.69) is 4.74 Å². The number of hydrogen-bond acceptors (Lipinski definition) is 5. The van der Waals surface area contributed by atoms with Gasteiger partial charge in [0.05, 0.1) is 0 Å². The van der Waals surface area contributed by atoms with E-state index in [4.69, 9.17) is 10.5 Å². The molecule has 0 fully saturated rings. The summed E-state index contributed by atoms with van der Waals surface area (Å²) in [7, 11) is 0. The molecule has 104 valence electrons. The van der Waals surface area contributed by atoms with E-state index < -0.39 is 29.6 Å². The van der Waals surface area contributed by atoms with Crippen LogP contribution in [0.15, 0.2) is 24.3 Å². The summed E-state index contributed by atoms with van der Waals surface area (Å²) in [6.45, 7) is 4.91. The molecule has 0 amide bonds. The summed E-state index contributed by atoms with van der Waals surface area (Å²) >= 11 is 0. The van der Waals surface area contributed by atoms with Crippen molar-refractivity contribution in [2.45, 2.75) is 32.4 Å². The number of hydrogen-bond donors (Lipinski definition) is 1. The zero-order valence-corrected chi connectivity index (χ0v) is 11.0. The molecular weight excluding hydrogens is 253 g/mol. The van der Waals surface area contributed by atoms with E-state index in [-0.39, 0.29) is 0 Å². The summed E-state index contributed by atoms with van der Waals surface area (Å²) in [5, 5.41) is 0. The van der Waals surface area contributed by atoms with Crippen LogP contribution < -0.4 is 5.73 Å². The van der Waals surface area contributed by atoms with Crippen LogP contribution in [0.2, 0.25) is 0 Å². The van der Waals surface area contributed by atoms with Crippen LogP contribution >= 0.6 is 0 Å². The van der Waals surface area contributed by atoms with E-state index in [0.29, 0.717) is 5.56 Å². The number of carbonyl (C=O) groups excluding carboxylic acids is 2. The van der Waals surface area contributed by atoms with Gasteiger partial charge in [-0.25, -0.2) is 14.0 Å². The molecule has 2 N–H and O–H groups in total. The van der Waals surface area contributed by atoms with Gasteiger partial charge in [0.1, 0.15) is 17.5 Å². The van der Waals surface area contributed by atoms with Crippen molar-refractivity contribution in [3.8, 4) is 0 Å². The molecule has 0 aliphatic heterocycles. The molecule has 0 aliphatic carbocycles. The van der Waals surface area contributed by atoms with Gasteiger partial charge in [0, 0.05) is 0 Å². The summed E-state index contributed by atoms with van der Waals surface area (Å²) in [5.74, 6) is -1.41. The molecular formula is C13H16FNO4. The fourth-order valence-corrected chi connectivity index (χ4v) is 1.22. The first kappa shape index (κ1) is 15.1. The Hall–Kier alpha value is -1.95. The van der Waals surface area contributed by atoms with Crippen molar-refractivity contribution in [2.24, 2.45) is 5.73 Å². The molecule has 1 aromatic carbocycles. The molecule has 5 nitrogen and oxygen atoms in total. The SMILES string of the molecule is CC(C)(C)OC(=O)OC(=O)C(N)c1ccc(F)cc1. The Morgan fingerprint density at radius 1 is 1.21 bits per heavy atom. The molecule has 0 saturated carbocycles. The van der Waals surface area contributed by atoms with Crippen molar-refractivity contribution in [3.05, 3.63) is 35.6 Å². The highest BCUT2D eigenvalue weighted by molar-refractivity contribution is 5.86. The first-order chi connectivity index (χ1) is 8.69. The second kappa shape index (κ2) is 5.79. The van der Waals surface area contributed by atoms with Gasteiger partial charge in [-0.05, 0) is 38.5 Å². The van der Waals surface area contributed by atoms with Gasteiger partial charge < -0.3 is 15.2 Å². The normalized spacial score (nSPS) is 12.7. The van der Waals surface area contributed by atoms with Gasteiger partial charge in [0.15, 0.2) is 0 Å². The summed E-state index contributed by atoms with van der Waals surface area (Å²) < 4.78 is 22.0. The number of ether oxygens (including phenoxy) is 2. The number of carbonyl (C=O) groups is 2. The Balaban J connectivity index is 2.63. The Kier molecular flexibility index (Phi) is 4.61. The topological polar surface area (TPSA) is 78.6 Å². The van der Waals surface area contributed by atoms with E-state index in [1.165, 1.54) is 12.1 Å². The Labute approximate surface area is 110 Å². The smallest absolute Gasteiger partial charge is 0.428 e. The van der Waals surface area contributed by atoms with E-state index in [1.807, 2.05) is 0 Å². The highest BCUT2D eigenvalue weighted by Gasteiger charge is 2.24. The highest BCUT2D eigenvalue weighted by Crippen LogP contribution is 2.14. The predicted molar refractivity (Wildman–Crippen MR) is 65.7 cm³/mol. The molecule has 0 radical (unpaired) electrons. The lowest BCUT2D eigenvalue weighted by molar-refractivity contribution is -0.143. The highest BCUT2D eigenvalue weighted by atomic mass is 19.1. The lowest BCUT2D eigenvalue weighted by atomic mass is 10.1. The maximum absolute atomic E-state index is 12.7. The number of benzene rings is 1. The van der Waals surface area contributed by atoms with Crippen molar-refractivity contribution in [1.82, 2.24) is 0 Å². The van der Waals surface area contributed by atoms with E-state index in [9.17, 15) is 14.0 Å². The second-order valence-electron chi connectivity index (χ2n) is 4.91. The molecule has 0 saturated heterocycles. The van der Waals surface area contributed by atoms with Gasteiger partial charge in [-0.3, -0.25) is 0 Å². The average molecular weight is 269 g/mol. The first-order valence-corrected chi connectivity index (χ1v) is 5.65. The molecule has 1 atom stereocenters. The van der Waals surface area contributed by atoms with Crippen LogP contribution in [0, 0.1) is 5.82 Å². The van der Waals surface area contributed by atoms with Crippen LogP contribution in [0.25, 0.3) is 0 Å². The maximum Gasteiger partial charge on any atom is 0.516 e. The molecule has 0 aliphatic rings. The largest absolute Gasteiger partial charge is 0.516 e. The van der Waals surface area contributed by atoms with Crippen molar-refractivity contribution in [1.29, 1.82) is 0 Å². The molecule has 0 spiro atoms. The third-order valence-corrected chi connectivity index (χ3v) is 2.06. The molecule has 0 aromatic heterocycles. The van der Waals surface area contributed by atoms with Crippen LogP contribution in [0.1, 0.15) is 32.4 Å². The first-order valence-electron chi connectivity index (χ1n) is 5.65.